The SMILES string of the molecule is CC(C)[C@H](NC(=O)[C@@H](NC(=O)[C@H](CC(=O)O)NC(=O)OCc1ccccc1)C1Cc2ccccc2C1)C(=O)O. The fourth-order valence-corrected chi connectivity index (χ4v) is 4.53. The second-order valence-corrected chi connectivity index (χ2v) is 9.85. The van der Waals surface area contributed by atoms with E-state index < -0.39 is 66.2 Å². The van der Waals surface area contributed by atoms with Crippen molar-refractivity contribution in [1.82, 2.24) is 16.0 Å². The molecule has 0 fully saturated rings. The summed E-state index contributed by atoms with van der Waals surface area (Å²) in [5.41, 5.74) is 2.69. The number of ether oxygens (including phenoxy) is 1. The van der Waals surface area contributed by atoms with Crippen molar-refractivity contribution in [2.75, 3.05) is 0 Å². The Labute approximate surface area is 225 Å². The average Bonchev–Trinajstić information content (AvgIpc) is 3.32. The minimum absolute atomic E-state index is 0.0920. The van der Waals surface area contributed by atoms with Gasteiger partial charge in [-0.25, -0.2) is 9.59 Å². The van der Waals surface area contributed by atoms with Crippen LogP contribution in [-0.4, -0.2) is 58.2 Å². The number of hydrogen-bond donors (Lipinski definition) is 5. The standard InChI is InChI=1S/C28H33N3O8/c1-16(2)23(27(36)37)30-26(35)24(20-12-18-10-6-7-11-19(18)13-20)31-25(34)21(14-22(32)33)29-28(38)39-15-17-8-4-3-5-9-17/h3-11,16,20-21,23-24H,12-15H2,1-2H3,(H,29,38)(H,30,35)(H,31,34)(H,32,33)(H,36,37)/t21-,23-,24-/m0/s1. The molecule has 0 saturated heterocycles. The third-order valence-corrected chi connectivity index (χ3v) is 6.56. The number of alkyl carbamates (subject to hydrolysis) is 1. The van der Waals surface area contributed by atoms with Crippen LogP contribution in [0.2, 0.25) is 0 Å². The molecular formula is C28H33N3O8. The summed E-state index contributed by atoms with van der Waals surface area (Å²) in [6.45, 7) is 3.20. The molecule has 0 radical (unpaired) electrons. The predicted molar refractivity (Wildman–Crippen MR) is 139 cm³/mol. The minimum Gasteiger partial charge on any atom is -0.481 e. The highest BCUT2D eigenvalue weighted by molar-refractivity contribution is 5.94. The lowest BCUT2D eigenvalue weighted by Crippen LogP contribution is -2.59. The van der Waals surface area contributed by atoms with E-state index in [1.807, 2.05) is 24.3 Å². The van der Waals surface area contributed by atoms with Crippen molar-refractivity contribution in [1.29, 1.82) is 0 Å². The lowest BCUT2D eigenvalue weighted by atomic mass is 9.94. The number of aliphatic carboxylic acids is 2. The van der Waals surface area contributed by atoms with Gasteiger partial charge in [0.25, 0.3) is 0 Å². The van der Waals surface area contributed by atoms with Gasteiger partial charge >= 0.3 is 18.0 Å². The molecule has 3 atom stereocenters. The lowest BCUT2D eigenvalue weighted by molar-refractivity contribution is -0.144. The van der Waals surface area contributed by atoms with Gasteiger partial charge in [0.1, 0.15) is 24.7 Å². The molecule has 0 spiro atoms. The molecule has 2 aromatic rings. The maximum absolute atomic E-state index is 13.3. The molecule has 0 aromatic heterocycles. The zero-order chi connectivity index (χ0) is 28.5. The van der Waals surface area contributed by atoms with E-state index in [0.29, 0.717) is 18.4 Å². The van der Waals surface area contributed by atoms with Crippen LogP contribution in [-0.2, 0) is 43.4 Å². The molecule has 11 nitrogen and oxygen atoms in total. The van der Waals surface area contributed by atoms with Crippen LogP contribution in [0.15, 0.2) is 54.6 Å². The van der Waals surface area contributed by atoms with E-state index in [2.05, 4.69) is 16.0 Å². The molecule has 3 amide bonds. The second-order valence-electron chi connectivity index (χ2n) is 9.85. The van der Waals surface area contributed by atoms with Gasteiger partial charge in [0.15, 0.2) is 0 Å². The Morgan fingerprint density at radius 3 is 1.97 bits per heavy atom. The summed E-state index contributed by atoms with van der Waals surface area (Å²) in [6.07, 6.45) is -0.857. The monoisotopic (exact) mass is 539 g/mol. The van der Waals surface area contributed by atoms with E-state index in [1.54, 1.807) is 44.2 Å². The van der Waals surface area contributed by atoms with E-state index in [1.165, 1.54) is 0 Å². The van der Waals surface area contributed by atoms with Crippen molar-refractivity contribution in [3.63, 3.8) is 0 Å². The van der Waals surface area contributed by atoms with Crippen LogP contribution in [0.4, 0.5) is 4.79 Å². The average molecular weight is 540 g/mol. The first kappa shape index (κ1) is 29.2. The topological polar surface area (TPSA) is 171 Å². The number of amides is 3. The van der Waals surface area contributed by atoms with Crippen molar-refractivity contribution in [3.05, 3.63) is 71.3 Å². The summed E-state index contributed by atoms with van der Waals surface area (Å²) in [6, 6.07) is 12.4. The Morgan fingerprint density at radius 1 is 0.846 bits per heavy atom. The normalized spacial score (nSPS) is 14.9. The number of carboxylic acids is 2. The third kappa shape index (κ3) is 8.29. The molecular weight excluding hydrogens is 506 g/mol. The van der Waals surface area contributed by atoms with Crippen molar-refractivity contribution >= 4 is 29.8 Å². The van der Waals surface area contributed by atoms with Crippen LogP contribution >= 0.6 is 0 Å². The number of carbonyl (C=O) groups excluding carboxylic acids is 3. The third-order valence-electron chi connectivity index (χ3n) is 6.56. The van der Waals surface area contributed by atoms with Gasteiger partial charge in [-0.3, -0.25) is 14.4 Å². The van der Waals surface area contributed by atoms with Gasteiger partial charge < -0.3 is 30.9 Å². The van der Waals surface area contributed by atoms with Gasteiger partial charge in [-0.1, -0.05) is 68.4 Å². The van der Waals surface area contributed by atoms with Crippen LogP contribution < -0.4 is 16.0 Å². The predicted octanol–water partition coefficient (Wildman–Crippen LogP) is 1.88. The molecule has 39 heavy (non-hydrogen) atoms. The number of nitrogens with one attached hydrogen (secondary N) is 3. The van der Waals surface area contributed by atoms with E-state index in [-0.39, 0.29) is 6.61 Å². The molecule has 0 saturated carbocycles. The largest absolute Gasteiger partial charge is 0.481 e. The fraction of sp³-hybridized carbons (Fsp3) is 0.393. The van der Waals surface area contributed by atoms with E-state index >= 15 is 0 Å². The van der Waals surface area contributed by atoms with Crippen molar-refractivity contribution < 1.29 is 38.9 Å². The summed E-state index contributed by atoms with van der Waals surface area (Å²) < 4.78 is 5.12. The molecule has 0 unspecified atom stereocenters. The fourth-order valence-electron chi connectivity index (χ4n) is 4.53. The number of carboxylic acid groups (broad SMARTS) is 2. The Balaban J connectivity index is 1.76. The van der Waals surface area contributed by atoms with E-state index in [9.17, 15) is 34.2 Å². The Bertz CT molecular complexity index is 1180. The van der Waals surface area contributed by atoms with E-state index in [4.69, 9.17) is 4.74 Å². The molecule has 1 aliphatic carbocycles. The van der Waals surface area contributed by atoms with Gasteiger partial charge in [-0.15, -0.1) is 0 Å². The second kappa shape index (κ2) is 13.4. The highest BCUT2D eigenvalue weighted by Crippen LogP contribution is 2.29. The number of carbonyl (C=O) groups is 5. The first-order chi connectivity index (χ1) is 18.5. The number of benzene rings is 2. The van der Waals surface area contributed by atoms with Crippen molar-refractivity contribution in [2.24, 2.45) is 11.8 Å². The summed E-state index contributed by atoms with van der Waals surface area (Å²) in [5.74, 6) is -5.01. The van der Waals surface area contributed by atoms with Gasteiger partial charge in [0, 0.05) is 0 Å². The van der Waals surface area contributed by atoms with Gasteiger partial charge in [0.2, 0.25) is 11.8 Å². The molecule has 11 heteroatoms. The van der Waals surface area contributed by atoms with Crippen LogP contribution in [0.5, 0.6) is 0 Å². The van der Waals surface area contributed by atoms with Crippen LogP contribution in [0.3, 0.4) is 0 Å². The molecule has 0 aliphatic heterocycles. The van der Waals surface area contributed by atoms with Crippen molar-refractivity contribution in [2.45, 2.75) is 57.8 Å². The molecule has 1 aliphatic rings. The zero-order valence-corrected chi connectivity index (χ0v) is 21.8. The van der Waals surface area contributed by atoms with Gasteiger partial charge in [0.05, 0.1) is 6.42 Å². The first-order valence-electron chi connectivity index (χ1n) is 12.6. The summed E-state index contributed by atoms with van der Waals surface area (Å²) in [4.78, 5) is 62.2. The summed E-state index contributed by atoms with van der Waals surface area (Å²) >= 11 is 0. The Morgan fingerprint density at radius 2 is 1.44 bits per heavy atom. The molecule has 2 aromatic carbocycles. The number of hydrogen-bond acceptors (Lipinski definition) is 6. The van der Waals surface area contributed by atoms with Crippen LogP contribution in [0, 0.1) is 11.8 Å². The number of rotatable bonds is 12. The molecule has 3 rings (SSSR count). The highest BCUT2D eigenvalue weighted by Gasteiger charge is 2.38. The zero-order valence-electron chi connectivity index (χ0n) is 21.8. The molecule has 0 heterocycles. The van der Waals surface area contributed by atoms with Crippen LogP contribution in [0.25, 0.3) is 0 Å². The Hall–Kier alpha value is -4.41. The lowest BCUT2D eigenvalue weighted by Gasteiger charge is -2.28. The highest BCUT2D eigenvalue weighted by atomic mass is 16.5. The minimum atomic E-state index is -1.54. The molecule has 5 N–H and O–H groups in total. The van der Waals surface area contributed by atoms with Crippen molar-refractivity contribution in [3.8, 4) is 0 Å². The molecule has 0 bridgehead atoms. The maximum Gasteiger partial charge on any atom is 0.408 e. The summed E-state index contributed by atoms with van der Waals surface area (Å²) in [7, 11) is 0. The quantitative estimate of drug-likeness (QED) is 0.272. The van der Waals surface area contributed by atoms with Crippen LogP contribution in [0.1, 0.15) is 37.0 Å². The van der Waals surface area contributed by atoms with Gasteiger partial charge in [-0.2, -0.15) is 0 Å². The number of fused-ring (bicyclic) bond motifs is 1. The Kier molecular flexibility index (Phi) is 10.0. The molecule has 208 valence electrons. The van der Waals surface area contributed by atoms with E-state index in [0.717, 1.165) is 11.1 Å². The maximum atomic E-state index is 13.3. The first-order valence-corrected chi connectivity index (χ1v) is 12.6. The van der Waals surface area contributed by atoms with Gasteiger partial charge in [-0.05, 0) is 41.4 Å². The smallest absolute Gasteiger partial charge is 0.408 e. The summed E-state index contributed by atoms with van der Waals surface area (Å²) in [5, 5.41) is 26.3.